The van der Waals surface area contributed by atoms with Crippen LogP contribution < -0.4 is 0 Å². The molecule has 0 fully saturated rings. The maximum atomic E-state index is 12.8. The smallest absolute Gasteiger partial charge is 0.306 e. The summed E-state index contributed by atoms with van der Waals surface area (Å²) in [6, 6.07) is 0. The summed E-state index contributed by atoms with van der Waals surface area (Å²) < 4.78 is 16.7. The van der Waals surface area contributed by atoms with Gasteiger partial charge in [0.25, 0.3) is 0 Å². The largest absolute Gasteiger partial charge is 0.462 e. The third kappa shape index (κ3) is 46.3. The SMILES string of the molecule is CC/C=C\C/C=C\C/C=C\CCCCCCCCC(=O)OCC(COC(=O)CCCCCCCCCCCCC)OC(=O)CCCCC/C=C\CCCCCCCCC. The van der Waals surface area contributed by atoms with E-state index in [-0.39, 0.29) is 31.1 Å². The maximum absolute atomic E-state index is 12.8. The Balaban J connectivity index is 4.39. The van der Waals surface area contributed by atoms with Gasteiger partial charge in [-0.3, -0.25) is 14.4 Å². The van der Waals surface area contributed by atoms with Gasteiger partial charge in [-0.1, -0.05) is 204 Å². The van der Waals surface area contributed by atoms with E-state index in [1.807, 2.05) is 0 Å². The van der Waals surface area contributed by atoms with E-state index in [9.17, 15) is 14.4 Å². The van der Waals surface area contributed by atoms with Gasteiger partial charge in [0.05, 0.1) is 0 Å². The second kappa shape index (κ2) is 48.0. The van der Waals surface area contributed by atoms with Crippen molar-refractivity contribution in [1.29, 1.82) is 0 Å². The maximum Gasteiger partial charge on any atom is 0.306 e. The standard InChI is InChI=1S/C53H94O6/c1-4-7-10-13-16-19-22-24-26-27-29-31-34-37-40-43-46-52(55)58-49-50(48-57-51(54)45-42-39-36-33-30-21-18-15-12-9-6-3)59-53(56)47-44-41-38-35-32-28-25-23-20-17-14-11-8-5-2/h7,10,16,19,24,26,28,32,50H,4-6,8-9,11-15,17-18,20-23,25,27,29-31,33-49H2,1-3H3/b10-7-,19-16-,26-24-,32-28-. The van der Waals surface area contributed by atoms with Crippen LogP contribution in [0.3, 0.4) is 0 Å². The molecule has 0 spiro atoms. The van der Waals surface area contributed by atoms with Crippen molar-refractivity contribution in [3.8, 4) is 0 Å². The van der Waals surface area contributed by atoms with Crippen LogP contribution in [0, 0.1) is 0 Å². The molecule has 0 saturated heterocycles. The molecule has 0 bridgehead atoms. The molecule has 342 valence electrons. The molecule has 6 heteroatoms. The molecule has 0 aliphatic heterocycles. The van der Waals surface area contributed by atoms with Gasteiger partial charge in [0.2, 0.25) is 0 Å². The Morgan fingerprint density at radius 2 is 0.661 bits per heavy atom. The molecule has 0 heterocycles. The van der Waals surface area contributed by atoms with Crippen LogP contribution in [0.15, 0.2) is 48.6 Å². The lowest BCUT2D eigenvalue weighted by atomic mass is 10.1. The predicted molar refractivity (Wildman–Crippen MR) is 252 cm³/mol. The third-order valence-electron chi connectivity index (χ3n) is 10.8. The first-order valence-electron chi connectivity index (χ1n) is 25.1. The Morgan fingerprint density at radius 3 is 1.07 bits per heavy atom. The third-order valence-corrected chi connectivity index (χ3v) is 10.8. The van der Waals surface area contributed by atoms with Crippen LogP contribution in [-0.4, -0.2) is 37.2 Å². The van der Waals surface area contributed by atoms with Crippen molar-refractivity contribution in [2.75, 3.05) is 13.2 Å². The number of hydrogen-bond donors (Lipinski definition) is 0. The molecule has 0 rings (SSSR count). The summed E-state index contributed by atoms with van der Waals surface area (Å²) in [5.74, 6) is -0.906. The molecule has 0 N–H and O–H groups in total. The fraction of sp³-hybridized carbons (Fsp3) is 0.792. The summed E-state index contributed by atoms with van der Waals surface area (Å²) in [5.41, 5.74) is 0. The highest BCUT2D eigenvalue weighted by Crippen LogP contribution is 2.14. The Morgan fingerprint density at radius 1 is 0.356 bits per heavy atom. The van der Waals surface area contributed by atoms with E-state index in [1.165, 1.54) is 116 Å². The fourth-order valence-corrected chi connectivity index (χ4v) is 7.04. The summed E-state index contributed by atoms with van der Waals surface area (Å²) in [7, 11) is 0. The molecule has 0 aliphatic rings. The topological polar surface area (TPSA) is 78.9 Å². The lowest BCUT2D eigenvalue weighted by Gasteiger charge is -2.18. The molecule has 0 saturated carbocycles. The van der Waals surface area contributed by atoms with Gasteiger partial charge in [-0.15, -0.1) is 0 Å². The van der Waals surface area contributed by atoms with Crippen molar-refractivity contribution < 1.29 is 28.6 Å². The molecule has 1 atom stereocenters. The molecule has 0 aromatic heterocycles. The second-order valence-electron chi connectivity index (χ2n) is 16.7. The Hall–Kier alpha value is -2.63. The molecule has 0 aromatic carbocycles. The Kier molecular flexibility index (Phi) is 45.9. The number of hydrogen-bond acceptors (Lipinski definition) is 6. The van der Waals surface area contributed by atoms with Crippen LogP contribution in [0.5, 0.6) is 0 Å². The number of carbonyl (C=O) groups excluding carboxylic acids is 3. The second-order valence-corrected chi connectivity index (χ2v) is 16.7. The molecule has 0 radical (unpaired) electrons. The zero-order valence-corrected chi connectivity index (χ0v) is 39.0. The molecule has 0 aliphatic carbocycles. The van der Waals surface area contributed by atoms with Crippen molar-refractivity contribution in [2.45, 2.75) is 258 Å². The zero-order valence-electron chi connectivity index (χ0n) is 39.0. The molecule has 6 nitrogen and oxygen atoms in total. The predicted octanol–water partition coefficient (Wildman–Crippen LogP) is 16.3. The first-order chi connectivity index (χ1) is 29.0. The highest BCUT2D eigenvalue weighted by atomic mass is 16.6. The number of allylic oxidation sites excluding steroid dienone is 8. The lowest BCUT2D eigenvalue weighted by Crippen LogP contribution is -2.30. The molecule has 1 unspecified atom stereocenters. The average Bonchev–Trinajstić information content (AvgIpc) is 3.23. The summed E-state index contributed by atoms with van der Waals surface area (Å²) in [6.07, 6.45) is 56.6. The summed E-state index contributed by atoms with van der Waals surface area (Å²) >= 11 is 0. The lowest BCUT2D eigenvalue weighted by molar-refractivity contribution is -0.167. The summed E-state index contributed by atoms with van der Waals surface area (Å²) in [5, 5.41) is 0. The van der Waals surface area contributed by atoms with Crippen LogP contribution in [0.2, 0.25) is 0 Å². The fourth-order valence-electron chi connectivity index (χ4n) is 7.04. The van der Waals surface area contributed by atoms with Crippen molar-refractivity contribution >= 4 is 17.9 Å². The monoisotopic (exact) mass is 827 g/mol. The Labute approximate surface area is 365 Å². The van der Waals surface area contributed by atoms with Gasteiger partial charge in [0, 0.05) is 19.3 Å². The summed E-state index contributed by atoms with van der Waals surface area (Å²) in [6.45, 7) is 6.50. The molecule has 0 aromatic rings. The van der Waals surface area contributed by atoms with Gasteiger partial charge in [-0.2, -0.15) is 0 Å². The minimum Gasteiger partial charge on any atom is -0.462 e. The van der Waals surface area contributed by atoms with Crippen molar-refractivity contribution in [3.05, 3.63) is 48.6 Å². The van der Waals surface area contributed by atoms with Crippen LogP contribution in [0.1, 0.15) is 252 Å². The van der Waals surface area contributed by atoms with E-state index < -0.39 is 6.10 Å². The number of ether oxygens (including phenoxy) is 3. The number of rotatable bonds is 45. The van der Waals surface area contributed by atoms with Crippen LogP contribution in [-0.2, 0) is 28.6 Å². The van der Waals surface area contributed by atoms with E-state index in [1.54, 1.807) is 0 Å². The van der Waals surface area contributed by atoms with E-state index in [0.29, 0.717) is 19.3 Å². The van der Waals surface area contributed by atoms with E-state index in [2.05, 4.69) is 69.4 Å². The van der Waals surface area contributed by atoms with Gasteiger partial charge >= 0.3 is 17.9 Å². The number of esters is 3. The van der Waals surface area contributed by atoms with Gasteiger partial charge in [0.15, 0.2) is 6.10 Å². The van der Waals surface area contributed by atoms with Crippen molar-refractivity contribution in [2.24, 2.45) is 0 Å². The van der Waals surface area contributed by atoms with Crippen LogP contribution in [0.25, 0.3) is 0 Å². The normalized spacial score (nSPS) is 12.4. The van der Waals surface area contributed by atoms with Gasteiger partial charge in [-0.25, -0.2) is 0 Å². The van der Waals surface area contributed by atoms with Gasteiger partial charge < -0.3 is 14.2 Å². The van der Waals surface area contributed by atoms with Gasteiger partial charge in [0.1, 0.15) is 13.2 Å². The highest BCUT2D eigenvalue weighted by Gasteiger charge is 2.19. The van der Waals surface area contributed by atoms with Crippen molar-refractivity contribution in [1.82, 2.24) is 0 Å². The average molecular weight is 827 g/mol. The highest BCUT2D eigenvalue weighted by molar-refractivity contribution is 5.71. The first kappa shape index (κ1) is 56.4. The zero-order chi connectivity index (χ0) is 43.0. The van der Waals surface area contributed by atoms with E-state index in [0.717, 1.165) is 96.3 Å². The van der Waals surface area contributed by atoms with E-state index in [4.69, 9.17) is 14.2 Å². The van der Waals surface area contributed by atoms with Crippen LogP contribution in [0.4, 0.5) is 0 Å². The Bertz CT molecular complexity index is 1040. The quantitative estimate of drug-likeness (QED) is 0.0263. The number of unbranched alkanes of at least 4 members (excludes halogenated alkanes) is 26. The molecule has 0 amide bonds. The minimum atomic E-state index is -0.782. The van der Waals surface area contributed by atoms with Crippen LogP contribution >= 0.6 is 0 Å². The van der Waals surface area contributed by atoms with Crippen molar-refractivity contribution in [3.63, 3.8) is 0 Å². The molecule has 59 heavy (non-hydrogen) atoms. The van der Waals surface area contributed by atoms with E-state index >= 15 is 0 Å². The van der Waals surface area contributed by atoms with Gasteiger partial charge in [-0.05, 0) is 77.0 Å². The number of carbonyl (C=O) groups is 3. The molecular weight excluding hydrogens is 733 g/mol. The first-order valence-corrected chi connectivity index (χ1v) is 25.1. The summed E-state index contributed by atoms with van der Waals surface area (Å²) in [4.78, 5) is 37.9. The minimum absolute atomic E-state index is 0.0814. The molecular formula is C53H94O6.